The Morgan fingerprint density at radius 2 is 1.95 bits per heavy atom. The SMILES string of the molecule is C=C(Nc1ncnc2cc3c(cc12)OCCO3)/C(F)=C(\C)Cl. The van der Waals surface area contributed by atoms with E-state index in [2.05, 4.69) is 21.9 Å². The zero-order valence-electron chi connectivity index (χ0n) is 11.8. The molecular formula is C15H13ClFN3O2. The monoisotopic (exact) mass is 321 g/mol. The molecule has 1 aromatic carbocycles. The van der Waals surface area contributed by atoms with Crippen LogP contribution in [0.4, 0.5) is 10.2 Å². The first-order valence-corrected chi connectivity index (χ1v) is 6.96. The molecule has 1 aliphatic rings. The van der Waals surface area contributed by atoms with Crippen molar-refractivity contribution >= 4 is 28.3 Å². The van der Waals surface area contributed by atoms with Crippen molar-refractivity contribution in [3.63, 3.8) is 0 Å². The summed E-state index contributed by atoms with van der Waals surface area (Å²) in [4.78, 5) is 8.31. The second-order valence-electron chi connectivity index (χ2n) is 4.69. The summed E-state index contributed by atoms with van der Waals surface area (Å²) in [6, 6.07) is 3.52. The van der Waals surface area contributed by atoms with Crippen molar-refractivity contribution in [2.24, 2.45) is 0 Å². The number of aromatic nitrogens is 2. The number of halogens is 2. The second-order valence-corrected chi connectivity index (χ2v) is 5.25. The number of anilines is 1. The molecule has 7 heteroatoms. The minimum atomic E-state index is -0.619. The zero-order valence-corrected chi connectivity index (χ0v) is 12.6. The van der Waals surface area contributed by atoms with E-state index in [1.54, 1.807) is 12.1 Å². The summed E-state index contributed by atoms with van der Waals surface area (Å²) in [5.74, 6) is 1.03. The third kappa shape index (κ3) is 2.69. The van der Waals surface area contributed by atoms with Crippen molar-refractivity contribution in [3.8, 4) is 11.5 Å². The molecule has 0 atom stereocenters. The molecular weight excluding hydrogens is 309 g/mol. The van der Waals surface area contributed by atoms with E-state index in [1.807, 2.05) is 0 Å². The largest absolute Gasteiger partial charge is 0.486 e. The van der Waals surface area contributed by atoms with Gasteiger partial charge in [-0.15, -0.1) is 0 Å². The van der Waals surface area contributed by atoms with Gasteiger partial charge in [0.2, 0.25) is 0 Å². The van der Waals surface area contributed by atoms with Crippen LogP contribution in [0.25, 0.3) is 10.9 Å². The average molecular weight is 322 g/mol. The van der Waals surface area contributed by atoms with Gasteiger partial charge in [-0.1, -0.05) is 18.2 Å². The normalized spacial score (nSPS) is 14.5. The van der Waals surface area contributed by atoms with E-state index < -0.39 is 5.83 Å². The lowest BCUT2D eigenvalue weighted by atomic mass is 10.2. The number of hydrogen-bond acceptors (Lipinski definition) is 5. The van der Waals surface area contributed by atoms with E-state index in [9.17, 15) is 4.39 Å². The molecule has 3 rings (SSSR count). The molecule has 0 amide bonds. The quantitative estimate of drug-likeness (QED) is 0.872. The fourth-order valence-corrected chi connectivity index (χ4v) is 2.21. The summed E-state index contributed by atoms with van der Waals surface area (Å²) in [6.07, 6.45) is 1.38. The Kier molecular flexibility index (Phi) is 3.85. The van der Waals surface area contributed by atoms with Crippen LogP contribution in [0.3, 0.4) is 0 Å². The van der Waals surface area contributed by atoms with Crippen LogP contribution in [0.1, 0.15) is 6.92 Å². The van der Waals surface area contributed by atoms with E-state index in [0.717, 1.165) is 0 Å². The summed E-state index contributed by atoms with van der Waals surface area (Å²) in [5.41, 5.74) is 0.684. The molecule has 22 heavy (non-hydrogen) atoms. The predicted octanol–water partition coefficient (Wildman–Crippen LogP) is 3.77. The topological polar surface area (TPSA) is 56.3 Å². The second kappa shape index (κ2) is 5.81. The standard InChI is InChI=1S/C15H13ClFN3O2/c1-8(16)14(17)9(2)20-15-10-5-12-13(22-4-3-21-12)6-11(10)18-7-19-15/h5-7H,2-4H2,1H3,(H,18,19,20)/b14-8-. The van der Waals surface area contributed by atoms with Crippen molar-refractivity contribution in [2.45, 2.75) is 6.92 Å². The molecule has 5 nitrogen and oxygen atoms in total. The van der Waals surface area contributed by atoms with Crippen LogP contribution >= 0.6 is 11.6 Å². The van der Waals surface area contributed by atoms with Crippen LogP contribution in [0.2, 0.25) is 0 Å². The lowest BCUT2D eigenvalue weighted by molar-refractivity contribution is 0.172. The van der Waals surface area contributed by atoms with Crippen LogP contribution in [0, 0.1) is 0 Å². The Labute approximate surface area is 131 Å². The van der Waals surface area contributed by atoms with Gasteiger partial charge in [0.1, 0.15) is 25.4 Å². The molecule has 1 aromatic heterocycles. The number of ether oxygens (including phenoxy) is 2. The summed E-state index contributed by atoms with van der Waals surface area (Å²) in [6.45, 7) is 6.04. The van der Waals surface area contributed by atoms with Crippen molar-refractivity contribution in [1.29, 1.82) is 0 Å². The fraction of sp³-hybridized carbons (Fsp3) is 0.200. The van der Waals surface area contributed by atoms with Crippen molar-refractivity contribution in [1.82, 2.24) is 9.97 Å². The Bertz CT molecular complexity index is 788. The summed E-state index contributed by atoms with van der Waals surface area (Å²) in [5, 5.41) is 3.51. The molecule has 114 valence electrons. The number of fused-ring (bicyclic) bond motifs is 2. The first-order chi connectivity index (χ1) is 10.6. The third-order valence-corrected chi connectivity index (χ3v) is 3.30. The molecule has 0 saturated carbocycles. The van der Waals surface area contributed by atoms with E-state index >= 15 is 0 Å². The first kappa shape index (κ1) is 14.6. The van der Waals surface area contributed by atoms with E-state index in [-0.39, 0.29) is 10.7 Å². The highest BCUT2D eigenvalue weighted by atomic mass is 35.5. The van der Waals surface area contributed by atoms with Crippen LogP contribution < -0.4 is 14.8 Å². The van der Waals surface area contributed by atoms with Gasteiger partial charge in [-0.25, -0.2) is 14.4 Å². The van der Waals surface area contributed by atoms with Gasteiger partial charge < -0.3 is 14.8 Å². The van der Waals surface area contributed by atoms with Gasteiger partial charge in [-0.05, 0) is 13.0 Å². The minimum Gasteiger partial charge on any atom is -0.486 e. The maximum Gasteiger partial charge on any atom is 0.163 e. The number of allylic oxidation sites excluding steroid dienone is 2. The Morgan fingerprint density at radius 1 is 1.27 bits per heavy atom. The summed E-state index contributed by atoms with van der Waals surface area (Å²) in [7, 11) is 0. The smallest absolute Gasteiger partial charge is 0.163 e. The fourth-order valence-electron chi connectivity index (χ4n) is 2.10. The van der Waals surface area contributed by atoms with Gasteiger partial charge >= 0.3 is 0 Å². The van der Waals surface area contributed by atoms with E-state index in [1.165, 1.54) is 13.3 Å². The molecule has 1 N–H and O–H groups in total. The van der Waals surface area contributed by atoms with Crippen LogP contribution in [0.5, 0.6) is 11.5 Å². The highest BCUT2D eigenvalue weighted by Gasteiger charge is 2.16. The Hall–Kier alpha value is -2.34. The molecule has 0 fully saturated rings. The average Bonchev–Trinajstić information content (AvgIpc) is 2.52. The predicted molar refractivity (Wildman–Crippen MR) is 83.0 cm³/mol. The molecule has 0 spiro atoms. The lowest BCUT2D eigenvalue weighted by Crippen LogP contribution is -2.15. The molecule has 0 unspecified atom stereocenters. The van der Waals surface area contributed by atoms with Gasteiger partial charge in [0.05, 0.1) is 16.2 Å². The number of nitrogens with zero attached hydrogens (tertiary/aromatic N) is 2. The number of hydrogen-bond donors (Lipinski definition) is 1. The van der Waals surface area contributed by atoms with Crippen molar-refractivity contribution in [3.05, 3.63) is 41.6 Å². The first-order valence-electron chi connectivity index (χ1n) is 6.59. The third-order valence-electron chi connectivity index (χ3n) is 3.14. The van der Waals surface area contributed by atoms with Gasteiger partial charge in [0.25, 0.3) is 0 Å². The Morgan fingerprint density at radius 3 is 2.64 bits per heavy atom. The molecule has 1 aliphatic heterocycles. The minimum absolute atomic E-state index is 0.0185. The zero-order chi connectivity index (χ0) is 15.7. The molecule has 0 saturated heterocycles. The van der Waals surface area contributed by atoms with Crippen LogP contribution in [-0.4, -0.2) is 23.2 Å². The highest BCUT2D eigenvalue weighted by Crippen LogP contribution is 2.36. The van der Waals surface area contributed by atoms with E-state index in [4.69, 9.17) is 21.1 Å². The number of rotatable bonds is 3. The summed E-state index contributed by atoms with van der Waals surface area (Å²) >= 11 is 5.64. The van der Waals surface area contributed by atoms with Gasteiger partial charge in [-0.2, -0.15) is 0 Å². The maximum atomic E-state index is 13.8. The maximum absolute atomic E-state index is 13.8. The summed E-state index contributed by atoms with van der Waals surface area (Å²) < 4.78 is 24.8. The van der Waals surface area contributed by atoms with E-state index in [0.29, 0.717) is 41.4 Å². The van der Waals surface area contributed by atoms with Crippen molar-refractivity contribution < 1.29 is 13.9 Å². The van der Waals surface area contributed by atoms with Gasteiger partial charge in [0.15, 0.2) is 17.3 Å². The Balaban J connectivity index is 2.03. The van der Waals surface area contributed by atoms with Gasteiger partial charge in [0, 0.05) is 11.5 Å². The van der Waals surface area contributed by atoms with Crippen molar-refractivity contribution in [2.75, 3.05) is 18.5 Å². The number of nitrogens with one attached hydrogen (secondary N) is 1. The van der Waals surface area contributed by atoms with Crippen LogP contribution in [0.15, 0.2) is 41.6 Å². The molecule has 2 heterocycles. The van der Waals surface area contributed by atoms with Crippen LogP contribution in [-0.2, 0) is 0 Å². The van der Waals surface area contributed by atoms with Gasteiger partial charge in [-0.3, -0.25) is 0 Å². The molecule has 2 aromatic rings. The lowest BCUT2D eigenvalue weighted by Gasteiger charge is -2.19. The number of benzene rings is 1. The highest BCUT2D eigenvalue weighted by molar-refractivity contribution is 6.29. The molecule has 0 bridgehead atoms. The molecule has 0 radical (unpaired) electrons. The molecule has 0 aliphatic carbocycles.